The molecule has 0 aliphatic rings. The molecular weight excluding hydrogens is 273 g/mol. The van der Waals surface area contributed by atoms with Gasteiger partial charge in [-0.05, 0) is 24.6 Å². The molecule has 0 bridgehead atoms. The first-order valence-electron chi connectivity index (χ1n) is 5.85. The van der Waals surface area contributed by atoms with Gasteiger partial charge in [0.05, 0.1) is 5.02 Å². The van der Waals surface area contributed by atoms with Gasteiger partial charge in [0.15, 0.2) is 6.79 Å². The molecule has 0 aliphatic heterocycles. The van der Waals surface area contributed by atoms with Crippen LogP contribution in [0.4, 0.5) is 0 Å². The van der Waals surface area contributed by atoms with Gasteiger partial charge in [0.25, 0.3) is 0 Å². The number of nitrogens with one attached hydrogen (secondary N) is 1. The zero-order valence-corrected chi connectivity index (χ0v) is 12.4. The van der Waals surface area contributed by atoms with Gasteiger partial charge >= 0.3 is 0 Å². The van der Waals surface area contributed by atoms with Gasteiger partial charge in [0.2, 0.25) is 0 Å². The van der Waals surface area contributed by atoms with E-state index in [2.05, 4.69) is 19.2 Å². The minimum atomic E-state index is 0.165. The van der Waals surface area contributed by atoms with E-state index in [0.29, 0.717) is 28.3 Å². The molecule has 0 atom stereocenters. The van der Waals surface area contributed by atoms with Crippen LogP contribution in [0.25, 0.3) is 0 Å². The summed E-state index contributed by atoms with van der Waals surface area (Å²) in [6.07, 6.45) is 0. The molecule has 0 amide bonds. The molecule has 0 heterocycles. The van der Waals surface area contributed by atoms with Crippen molar-refractivity contribution in [3.05, 3.63) is 27.7 Å². The van der Waals surface area contributed by atoms with E-state index in [1.165, 1.54) is 0 Å². The van der Waals surface area contributed by atoms with E-state index in [9.17, 15) is 0 Å². The Kier molecular flexibility index (Phi) is 6.79. The molecular formula is C13H19Cl2NO2. The summed E-state index contributed by atoms with van der Waals surface area (Å²) in [6.45, 7) is 6.06. The SMILES string of the molecule is COCOc1c(Cl)cc(Cl)cc1CNCC(C)C. The second-order valence-corrected chi connectivity index (χ2v) is 5.30. The molecule has 5 heteroatoms. The largest absolute Gasteiger partial charge is 0.466 e. The Bertz CT molecular complexity index is 383. The standard InChI is InChI=1S/C13H19Cl2NO2/c1-9(2)6-16-7-10-4-11(14)5-12(15)13(10)18-8-17-3/h4-5,9,16H,6-8H2,1-3H3. The number of hydrogen-bond acceptors (Lipinski definition) is 3. The quantitative estimate of drug-likeness (QED) is 0.777. The molecule has 1 N–H and O–H groups in total. The summed E-state index contributed by atoms with van der Waals surface area (Å²) in [4.78, 5) is 0. The van der Waals surface area contributed by atoms with Crippen LogP contribution in [-0.4, -0.2) is 20.4 Å². The van der Waals surface area contributed by atoms with Crippen LogP contribution in [0, 0.1) is 5.92 Å². The van der Waals surface area contributed by atoms with Crippen LogP contribution in [0.5, 0.6) is 5.75 Å². The Balaban J connectivity index is 2.78. The Morgan fingerprint density at radius 1 is 1.28 bits per heavy atom. The Morgan fingerprint density at radius 2 is 2.00 bits per heavy atom. The highest BCUT2D eigenvalue weighted by molar-refractivity contribution is 6.35. The minimum absolute atomic E-state index is 0.165. The van der Waals surface area contributed by atoms with Crippen molar-refractivity contribution in [1.29, 1.82) is 0 Å². The normalized spacial score (nSPS) is 11.0. The molecule has 0 saturated carbocycles. The molecule has 0 aromatic heterocycles. The Hall–Kier alpha value is -0.480. The Morgan fingerprint density at radius 3 is 2.61 bits per heavy atom. The first kappa shape index (κ1) is 15.6. The van der Waals surface area contributed by atoms with E-state index in [0.717, 1.165) is 12.1 Å². The Labute approximate surface area is 118 Å². The van der Waals surface area contributed by atoms with E-state index in [4.69, 9.17) is 32.7 Å². The van der Waals surface area contributed by atoms with Crippen LogP contribution in [0.1, 0.15) is 19.4 Å². The summed E-state index contributed by atoms with van der Waals surface area (Å²) in [5, 5.41) is 4.44. The molecule has 0 unspecified atom stereocenters. The maximum absolute atomic E-state index is 6.12. The molecule has 18 heavy (non-hydrogen) atoms. The maximum atomic E-state index is 6.12. The second kappa shape index (κ2) is 7.85. The van der Waals surface area contributed by atoms with Crippen LogP contribution in [0.2, 0.25) is 10.0 Å². The molecule has 3 nitrogen and oxygen atoms in total. The lowest BCUT2D eigenvalue weighted by Crippen LogP contribution is -2.19. The summed E-state index contributed by atoms with van der Waals surface area (Å²) >= 11 is 12.1. The van der Waals surface area contributed by atoms with Crippen LogP contribution >= 0.6 is 23.2 Å². The lowest BCUT2D eigenvalue weighted by atomic mass is 10.1. The average molecular weight is 292 g/mol. The third-order valence-corrected chi connectivity index (χ3v) is 2.77. The van der Waals surface area contributed by atoms with Crippen LogP contribution in [-0.2, 0) is 11.3 Å². The van der Waals surface area contributed by atoms with Gasteiger partial charge in [-0.25, -0.2) is 0 Å². The van der Waals surface area contributed by atoms with Crippen LogP contribution in [0.15, 0.2) is 12.1 Å². The van der Waals surface area contributed by atoms with Crippen molar-refractivity contribution < 1.29 is 9.47 Å². The van der Waals surface area contributed by atoms with Gasteiger partial charge in [-0.2, -0.15) is 0 Å². The van der Waals surface area contributed by atoms with E-state index >= 15 is 0 Å². The van der Waals surface area contributed by atoms with Gasteiger partial charge in [0.1, 0.15) is 5.75 Å². The lowest BCUT2D eigenvalue weighted by Gasteiger charge is -2.14. The van der Waals surface area contributed by atoms with E-state index in [1.807, 2.05) is 6.07 Å². The number of rotatable bonds is 7. The van der Waals surface area contributed by atoms with Gasteiger partial charge in [-0.15, -0.1) is 0 Å². The fourth-order valence-electron chi connectivity index (χ4n) is 1.52. The van der Waals surface area contributed by atoms with Crippen LogP contribution in [0.3, 0.4) is 0 Å². The van der Waals surface area contributed by atoms with Gasteiger partial charge < -0.3 is 14.8 Å². The highest BCUT2D eigenvalue weighted by atomic mass is 35.5. The predicted molar refractivity (Wildman–Crippen MR) is 75.5 cm³/mol. The number of methoxy groups -OCH3 is 1. The molecule has 1 rings (SSSR count). The number of ether oxygens (including phenoxy) is 2. The van der Waals surface area contributed by atoms with Crippen molar-refractivity contribution in [1.82, 2.24) is 5.32 Å². The molecule has 0 aliphatic carbocycles. The summed E-state index contributed by atoms with van der Waals surface area (Å²) in [5.41, 5.74) is 0.935. The third-order valence-electron chi connectivity index (χ3n) is 2.27. The van der Waals surface area contributed by atoms with Crippen molar-refractivity contribution in [2.45, 2.75) is 20.4 Å². The molecule has 0 fully saturated rings. The molecule has 0 spiro atoms. The van der Waals surface area contributed by atoms with Gasteiger partial charge in [0, 0.05) is 24.2 Å². The average Bonchev–Trinajstić information content (AvgIpc) is 2.27. The number of hydrogen-bond donors (Lipinski definition) is 1. The number of halogens is 2. The fourth-order valence-corrected chi connectivity index (χ4v) is 2.11. The summed E-state index contributed by atoms with van der Waals surface area (Å²) in [7, 11) is 1.57. The number of benzene rings is 1. The maximum Gasteiger partial charge on any atom is 0.188 e. The first-order chi connectivity index (χ1) is 8.54. The molecule has 0 radical (unpaired) electrons. The highest BCUT2D eigenvalue weighted by Gasteiger charge is 2.10. The lowest BCUT2D eigenvalue weighted by molar-refractivity contribution is 0.0504. The summed E-state index contributed by atoms with van der Waals surface area (Å²) < 4.78 is 10.4. The predicted octanol–water partition coefficient (Wildman–Crippen LogP) is 3.72. The van der Waals surface area contributed by atoms with Gasteiger partial charge in [-0.3, -0.25) is 0 Å². The second-order valence-electron chi connectivity index (χ2n) is 4.45. The van der Waals surface area contributed by atoms with E-state index < -0.39 is 0 Å². The van der Waals surface area contributed by atoms with Crippen LogP contribution < -0.4 is 10.1 Å². The topological polar surface area (TPSA) is 30.5 Å². The monoisotopic (exact) mass is 291 g/mol. The summed E-state index contributed by atoms with van der Waals surface area (Å²) in [6, 6.07) is 3.52. The van der Waals surface area contributed by atoms with Crippen molar-refractivity contribution in [3.8, 4) is 5.75 Å². The van der Waals surface area contributed by atoms with E-state index in [1.54, 1.807) is 13.2 Å². The summed E-state index contributed by atoms with van der Waals surface area (Å²) in [5.74, 6) is 1.21. The van der Waals surface area contributed by atoms with Crippen molar-refractivity contribution in [3.63, 3.8) is 0 Å². The van der Waals surface area contributed by atoms with E-state index in [-0.39, 0.29) is 6.79 Å². The van der Waals surface area contributed by atoms with Crippen molar-refractivity contribution in [2.75, 3.05) is 20.4 Å². The highest BCUT2D eigenvalue weighted by Crippen LogP contribution is 2.32. The first-order valence-corrected chi connectivity index (χ1v) is 6.60. The molecule has 1 aromatic rings. The minimum Gasteiger partial charge on any atom is -0.466 e. The zero-order valence-electron chi connectivity index (χ0n) is 10.9. The fraction of sp³-hybridized carbons (Fsp3) is 0.538. The molecule has 1 aromatic carbocycles. The molecule has 0 saturated heterocycles. The van der Waals surface area contributed by atoms with Gasteiger partial charge in [-0.1, -0.05) is 37.0 Å². The van der Waals surface area contributed by atoms with Crippen molar-refractivity contribution >= 4 is 23.2 Å². The zero-order chi connectivity index (χ0) is 13.5. The molecule has 102 valence electrons. The third kappa shape index (κ3) is 5.02. The smallest absolute Gasteiger partial charge is 0.188 e. The van der Waals surface area contributed by atoms with Crippen molar-refractivity contribution in [2.24, 2.45) is 5.92 Å².